The molecule has 0 unspecified atom stereocenters. The van der Waals surface area contributed by atoms with E-state index in [-0.39, 0.29) is 15.5 Å². The molecule has 0 N–H and O–H groups in total. The Balaban J connectivity index is 2.44. The van der Waals surface area contributed by atoms with E-state index in [1.54, 1.807) is 39.8 Å². The van der Waals surface area contributed by atoms with E-state index in [1.807, 2.05) is 20.8 Å². The van der Waals surface area contributed by atoms with Crippen LogP contribution in [0.4, 0.5) is 0 Å². The first-order valence-electron chi connectivity index (χ1n) is 9.96. The minimum absolute atomic E-state index is 0.0568. The summed E-state index contributed by atoms with van der Waals surface area (Å²) in [5, 5.41) is 3.62. The van der Waals surface area contributed by atoms with Gasteiger partial charge in [-0.3, -0.25) is 4.28 Å². The van der Waals surface area contributed by atoms with Crippen LogP contribution in [0.3, 0.4) is 0 Å². The fourth-order valence-electron chi connectivity index (χ4n) is 3.02. The normalized spacial score (nSPS) is 12.7. The van der Waals surface area contributed by atoms with Crippen molar-refractivity contribution >= 4 is 25.9 Å². The summed E-state index contributed by atoms with van der Waals surface area (Å²) in [7, 11) is -8.25. The molecular formula is C22H29NO6S2. The lowest BCUT2D eigenvalue weighted by molar-refractivity contribution is 0.337. The Morgan fingerprint density at radius 2 is 1.35 bits per heavy atom. The Morgan fingerprint density at radius 3 is 1.94 bits per heavy atom. The predicted octanol–water partition coefficient (Wildman–Crippen LogP) is 4.74. The highest BCUT2D eigenvalue weighted by Gasteiger charge is 2.25. The molecule has 0 aromatic heterocycles. The second kappa shape index (κ2) is 9.40. The topological polar surface area (TPSA) is 99.1 Å². The summed E-state index contributed by atoms with van der Waals surface area (Å²) in [6.07, 6.45) is 1.35. The summed E-state index contributed by atoms with van der Waals surface area (Å²) < 4.78 is 61.1. The summed E-state index contributed by atoms with van der Waals surface area (Å²) in [6, 6.07) is 5.90. The molecular weight excluding hydrogens is 438 g/mol. The second-order valence-corrected chi connectivity index (χ2v) is 10.4. The van der Waals surface area contributed by atoms with Gasteiger partial charge in [-0.25, -0.2) is 0 Å². The average Bonchev–Trinajstić information content (AvgIpc) is 2.71. The molecule has 0 aliphatic carbocycles. The molecule has 2 aromatic carbocycles. The van der Waals surface area contributed by atoms with Crippen molar-refractivity contribution in [3.05, 3.63) is 52.1 Å². The first-order valence-corrected chi connectivity index (χ1v) is 12.8. The maximum absolute atomic E-state index is 12.9. The molecule has 9 heteroatoms. The van der Waals surface area contributed by atoms with Gasteiger partial charge in [-0.1, -0.05) is 25.1 Å². The third-order valence-corrected chi connectivity index (χ3v) is 8.09. The third kappa shape index (κ3) is 5.27. The Hall–Kier alpha value is -2.39. The van der Waals surface area contributed by atoms with Crippen molar-refractivity contribution in [1.82, 2.24) is 0 Å². The molecule has 0 aliphatic heterocycles. The molecule has 0 fully saturated rings. The maximum atomic E-state index is 12.9. The number of benzene rings is 2. The van der Waals surface area contributed by atoms with E-state index < -0.39 is 20.2 Å². The molecule has 0 saturated carbocycles. The predicted molar refractivity (Wildman–Crippen MR) is 121 cm³/mol. The molecule has 170 valence electrons. The number of aryl methyl sites for hydroxylation is 1. The van der Waals surface area contributed by atoms with E-state index >= 15 is 0 Å². The van der Waals surface area contributed by atoms with Crippen molar-refractivity contribution in [3.63, 3.8) is 0 Å². The minimum Gasteiger partial charge on any atom is -0.379 e. The van der Waals surface area contributed by atoms with E-state index in [2.05, 4.69) is 5.16 Å². The highest BCUT2D eigenvalue weighted by atomic mass is 32.2. The van der Waals surface area contributed by atoms with Crippen molar-refractivity contribution in [2.75, 3.05) is 0 Å². The fourth-order valence-corrected chi connectivity index (χ4v) is 5.36. The minimum atomic E-state index is -4.14. The van der Waals surface area contributed by atoms with Crippen LogP contribution >= 0.6 is 0 Å². The highest BCUT2D eigenvalue weighted by Crippen LogP contribution is 2.31. The molecule has 31 heavy (non-hydrogen) atoms. The third-order valence-electron chi connectivity index (χ3n) is 5.46. The van der Waals surface area contributed by atoms with Crippen molar-refractivity contribution in [3.8, 4) is 5.75 Å². The molecule has 0 aliphatic rings. The van der Waals surface area contributed by atoms with Gasteiger partial charge < -0.3 is 4.18 Å². The largest absolute Gasteiger partial charge is 0.379 e. The number of nitrogens with zero attached hydrogens (tertiary/aromatic N) is 1. The number of oxime groups is 1. The highest BCUT2D eigenvalue weighted by molar-refractivity contribution is 7.87. The lowest BCUT2D eigenvalue weighted by atomic mass is 10.0. The van der Waals surface area contributed by atoms with E-state index in [9.17, 15) is 16.8 Å². The standard InChI is InChI=1S/C22H29NO6S2/c1-8-14(3)23-29-31(26,27)22-13-11-20(16(5)18(22)7)28-30(24,25)21-12-10-19(9-2)15(4)17(21)6/h10-13H,8-9H2,1-7H3. The number of rotatable bonds is 8. The molecule has 2 aromatic rings. The molecule has 2 rings (SSSR count). The van der Waals surface area contributed by atoms with E-state index in [1.165, 1.54) is 12.1 Å². The fraction of sp³-hybridized carbons (Fsp3) is 0.409. The van der Waals surface area contributed by atoms with Gasteiger partial charge in [-0.15, -0.1) is 0 Å². The van der Waals surface area contributed by atoms with Gasteiger partial charge in [0.15, 0.2) is 0 Å². The first-order chi connectivity index (χ1) is 14.4. The van der Waals surface area contributed by atoms with Crippen LogP contribution in [0.25, 0.3) is 0 Å². The molecule has 0 spiro atoms. The molecule has 0 bridgehead atoms. The molecule has 0 heterocycles. The van der Waals surface area contributed by atoms with Gasteiger partial charge >= 0.3 is 20.2 Å². The number of hydrogen-bond donors (Lipinski definition) is 0. The van der Waals surface area contributed by atoms with Crippen molar-refractivity contribution in [2.24, 2.45) is 5.16 Å². The Bertz CT molecular complexity index is 1230. The first kappa shape index (κ1) is 24.9. The van der Waals surface area contributed by atoms with E-state index in [4.69, 9.17) is 8.47 Å². The van der Waals surface area contributed by atoms with E-state index in [0.717, 1.165) is 17.5 Å². The summed E-state index contributed by atoms with van der Waals surface area (Å²) in [4.78, 5) is -0.00890. The maximum Gasteiger partial charge on any atom is 0.358 e. The van der Waals surface area contributed by atoms with Gasteiger partial charge in [0, 0.05) is 0 Å². The van der Waals surface area contributed by atoms with Crippen molar-refractivity contribution in [1.29, 1.82) is 0 Å². The van der Waals surface area contributed by atoms with Crippen LogP contribution in [0.2, 0.25) is 0 Å². The van der Waals surface area contributed by atoms with Crippen molar-refractivity contribution < 1.29 is 25.3 Å². The van der Waals surface area contributed by atoms with Crippen molar-refractivity contribution in [2.45, 2.75) is 71.1 Å². The van der Waals surface area contributed by atoms with Crippen LogP contribution in [0.15, 0.2) is 39.2 Å². The van der Waals surface area contributed by atoms with Gasteiger partial charge in [-0.05, 0) is 93.5 Å². The smallest absolute Gasteiger partial charge is 0.358 e. The zero-order valence-electron chi connectivity index (χ0n) is 18.9. The Morgan fingerprint density at radius 1 is 0.806 bits per heavy atom. The van der Waals surface area contributed by atoms with Crippen LogP contribution < -0.4 is 4.18 Å². The quantitative estimate of drug-likeness (QED) is 0.316. The van der Waals surface area contributed by atoms with Crippen LogP contribution in [0, 0.1) is 27.7 Å². The summed E-state index contributed by atoms with van der Waals surface area (Å²) in [5.74, 6) is 0.0568. The van der Waals surface area contributed by atoms with Gasteiger partial charge in [0.25, 0.3) is 0 Å². The number of hydrogen-bond acceptors (Lipinski definition) is 7. The van der Waals surface area contributed by atoms with Gasteiger partial charge in [0.05, 0.1) is 5.71 Å². The van der Waals surface area contributed by atoms with Crippen LogP contribution in [0.5, 0.6) is 5.75 Å². The second-order valence-electron chi connectivity index (χ2n) is 7.38. The summed E-state index contributed by atoms with van der Waals surface area (Å²) >= 11 is 0. The van der Waals surface area contributed by atoms with Crippen LogP contribution in [-0.2, 0) is 30.9 Å². The Labute approximate surface area is 185 Å². The molecule has 7 nitrogen and oxygen atoms in total. The van der Waals surface area contributed by atoms with Gasteiger partial charge in [-0.2, -0.15) is 16.8 Å². The summed E-state index contributed by atoms with van der Waals surface area (Å²) in [6.45, 7) is 12.3. The SMILES string of the molecule is CCC(C)=NOS(=O)(=O)c1ccc(OS(=O)(=O)c2ccc(CC)c(C)c2C)c(C)c1C. The average molecular weight is 468 g/mol. The zero-order valence-corrected chi connectivity index (χ0v) is 20.6. The monoisotopic (exact) mass is 467 g/mol. The van der Waals surface area contributed by atoms with Gasteiger partial charge in [0.2, 0.25) is 0 Å². The lowest BCUT2D eigenvalue weighted by Crippen LogP contribution is -2.14. The van der Waals surface area contributed by atoms with Crippen LogP contribution in [-0.4, -0.2) is 22.5 Å². The molecule has 0 saturated heterocycles. The van der Waals surface area contributed by atoms with Crippen LogP contribution in [0.1, 0.15) is 55.0 Å². The Kier molecular flexibility index (Phi) is 7.54. The lowest BCUT2D eigenvalue weighted by Gasteiger charge is -2.16. The molecule has 0 atom stereocenters. The summed E-state index contributed by atoms with van der Waals surface area (Å²) in [5.41, 5.74) is 3.84. The molecule has 0 radical (unpaired) electrons. The zero-order chi connectivity index (χ0) is 23.6. The molecule has 0 amide bonds. The van der Waals surface area contributed by atoms with Gasteiger partial charge in [0.1, 0.15) is 15.5 Å². The van der Waals surface area contributed by atoms with E-state index in [0.29, 0.717) is 28.8 Å².